The Kier molecular flexibility index (Phi) is 6.93. The summed E-state index contributed by atoms with van der Waals surface area (Å²) in [6.07, 6.45) is 3.66. The summed E-state index contributed by atoms with van der Waals surface area (Å²) >= 11 is 0. The number of halogens is 1. The Labute approximate surface area is 155 Å². The summed E-state index contributed by atoms with van der Waals surface area (Å²) in [4.78, 5) is 18.9. The van der Waals surface area contributed by atoms with Gasteiger partial charge >= 0.3 is 0 Å². The number of nitrogens with one attached hydrogen (secondary N) is 2. The molecule has 0 bridgehead atoms. The van der Waals surface area contributed by atoms with Gasteiger partial charge in [0.2, 0.25) is 5.91 Å². The number of rotatable bonds is 4. The molecule has 6 heteroatoms. The first kappa shape index (κ1) is 19.4. The fourth-order valence-corrected chi connectivity index (χ4v) is 3.27. The highest BCUT2D eigenvalue weighted by molar-refractivity contribution is 5.92. The van der Waals surface area contributed by atoms with Crippen LogP contribution in [-0.4, -0.2) is 42.0 Å². The first-order valence-electron chi connectivity index (χ1n) is 8.34. The van der Waals surface area contributed by atoms with Gasteiger partial charge in [-0.15, -0.1) is 12.4 Å². The lowest BCUT2D eigenvalue weighted by Crippen LogP contribution is -2.48. The number of anilines is 1. The summed E-state index contributed by atoms with van der Waals surface area (Å²) in [6.45, 7) is 7.04. The summed E-state index contributed by atoms with van der Waals surface area (Å²) in [6, 6.07) is 10.3. The van der Waals surface area contributed by atoms with E-state index >= 15 is 0 Å². The van der Waals surface area contributed by atoms with E-state index in [0.717, 1.165) is 42.0 Å². The van der Waals surface area contributed by atoms with E-state index in [9.17, 15) is 4.79 Å². The van der Waals surface area contributed by atoms with Gasteiger partial charge in [-0.3, -0.25) is 14.7 Å². The van der Waals surface area contributed by atoms with E-state index in [1.165, 1.54) is 0 Å². The van der Waals surface area contributed by atoms with Crippen LogP contribution in [0, 0.1) is 13.8 Å². The molecule has 0 aliphatic carbocycles. The third-order valence-corrected chi connectivity index (χ3v) is 4.28. The van der Waals surface area contributed by atoms with Crippen LogP contribution in [0.15, 0.2) is 42.7 Å². The molecule has 1 fully saturated rings. The molecule has 25 heavy (non-hydrogen) atoms. The molecule has 0 saturated carbocycles. The van der Waals surface area contributed by atoms with Gasteiger partial charge in [-0.25, -0.2) is 0 Å². The highest BCUT2D eigenvalue weighted by atomic mass is 35.5. The quantitative estimate of drug-likeness (QED) is 0.880. The topological polar surface area (TPSA) is 57.3 Å². The normalized spacial score (nSPS) is 17.6. The number of pyridine rings is 1. The van der Waals surface area contributed by atoms with Crippen molar-refractivity contribution in [2.24, 2.45) is 0 Å². The van der Waals surface area contributed by atoms with Crippen molar-refractivity contribution in [2.75, 3.05) is 31.5 Å². The number of carbonyl (C=O) groups is 1. The summed E-state index contributed by atoms with van der Waals surface area (Å²) in [5, 5.41) is 6.43. The highest BCUT2D eigenvalue weighted by Crippen LogP contribution is 2.21. The molecule has 0 radical (unpaired) electrons. The maximum Gasteiger partial charge on any atom is 0.238 e. The smallest absolute Gasteiger partial charge is 0.238 e. The SMILES string of the molecule is Cc1cc(C)cc(NC(=O)CN2CCNCC2c2cccnc2)c1.Cl. The fourth-order valence-electron chi connectivity index (χ4n) is 3.27. The van der Waals surface area contributed by atoms with Crippen LogP contribution in [0.4, 0.5) is 5.69 Å². The van der Waals surface area contributed by atoms with Crippen molar-refractivity contribution in [3.63, 3.8) is 0 Å². The maximum absolute atomic E-state index is 12.5. The minimum atomic E-state index is 0. The molecule has 1 unspecified atom stereocenters. The summed E-state index contributed by atoms with van der Waals surface area (Å²) in [5.41, 5.74) is 4.32. The Morgan fingerprint density at radius 3 is 2.76 bits per heavy atom. The Morgan fingerprint density at radius 2 is 2.08 bits per heavy atom. The van der Waals surface area contributed by atoms with Crippen molar-refractivity contribution >= 4 is 24.0 Å². The Morgan fingerprint density at radius 1 is 1.32 bits per heavy atom. The number of carbonyl (C=O) groups excluding carboxylic acids is 1. The predicted octanol–water partition coefficient (Wildman–Crippen LogP) is 2.71. The van der Waals surface area contributed by atoms with E-state index in [4.69, 9.17) is 0 Å². The summed E-state index contributed by atoms with van der Waals surface area (Å²) < 4.78 is 0. The van der Waals surface area contributed by atoms with Crippen LogP contribution in [0.1, 0.15) is 22.7 Å². The zero-order chi connectivity index (χ0) is 16.9. The van der Waals surface area contributed by atoms with E-state index in [1.807, 2.05) is 38.2 Å². The third-order valence-electron chi connectivity index (χ3n) is 4.28. The Bertz CT molecular complexity index is 688. The van der Waals surface area contributed by atoms with Crippen molar-refractivity contribution in [3.05, 3.63) is 59.4 Å². The van der Waals surface area contributed by atoms with Crippen LogP contribution in [0.5, 0.6) is 0 Å². The van der Waals surface area contributed by atoms with Gasteiger partial charge < -0.3 is 10.6 Å². The molecule has 1 aromatic carbocycles. The molecule has 1 saturated heterocycles. The largest absolute Gasteiger partial charge is 0.325 e. The number of aromatic nitrogens is 1. The molecular formula is C19H25ClN4O. The number of benzene rings is 1. The van der Waals surface area contributed by atoms with E-state index in [-0.39, 0.29) is 24.4 Å². The summed E-state index contributed by atoms with van der Waals surface area (Å²) in [5.74, 6) is 0.0239. The van der Waals surface area contributed by atoms with Crippen LogP contribution >= 0.6 is 12.4 Å². The van der Waals surface area contributed by atoms with Gasteiger partial charge in [-0.2, -0.15) is 0 Å². The maximum atomic E-state index is 12.5. The standard InChI is InChI=1S/C19H24N4O.ClH/c1-14-8-15(2)10-17(9-14)22-19(24)13-23-7-6-21-12-18(23)16-4-3-5-20-11-16;/h3-5,8-11,18,21H,6-7,12-13H2,1-2H3,(H,22,24);1H. The number of amides is 1. The minimum Gasteiger partial charge on any atom is -0.325 e. The Balaban J connectivity index is 0.00000225. The van der Waals surface area contributed by atoms with Gasteiger partial charge in [0, 0.05) is 43.8 Å². The molecule has 2 aromatic rings. The number of hydrogen-bond acceptors (Lipinski definition) is 4. The molecule has 2 N–H and O–H groups in total. The van der Waals surface area contributed by atoms with Gasteiger partial charge in [0.05, 0.1) is 6.54 Å². The second kappa shape index (κ2) is 8.94. The van der Waals surface area contributed by atoms with Gasteiger partial charge in [-0.05, 0) is 48.7 Å². The van der Waals surface area contributed by atoms with Crippen LogP contribution in [-0.2, 0) is 4.79 Å². The van der Waals surface area contributed by atoms with Gasteiger partial charge in [0.1, 0.15) is 0 Å². The van der Waals surface area contributed by atoms with Crippen LogP contribution < -0.4 is 10.6 Å². The average molecular weight is 361 g/mol. The second-order valence-corrected chi connectivity index (χ2v) is 6.40. The van der Waals surface area contributed by atoms with Crippen molar-refractivity contribution < 1.29 is 4.79 Å². The van der Waals surface area contributed by atoms with Crippen LogP contribution in [0.3, 0.4) is 0 Å². The number of aryl methyl sites for hydroxylation is 2. The third kappa shape index (κ3) is 5.26. The number of hydrogen-bond donors (Lipinski definition) is 2. The van der Waals surface area contributed by atoms with E-state index in [2.05, 4.69) is 32.7 Å². The van der Waals surface area contributed by atoms with Crippen LogP contribution in [0.25, 0.3) is 0 Å². The molecule has 1 atom stereocenters. The van der Waals surface area contributed by atoms with Gasteiger partial charge in [-0.1, -0.05) is 12.1 Å². The highest BCUT2D eigenvalue weighted by Gasteiger charge is 2.25. The monoisotopic (exact) mass is 360 g/mol. The first-order chi connectivity index (χ1) is 11.6. The van der Waals surface area contributed by atoms with Crippen molar-refractivity contribution in [2.45, 2.75) is 19.9 Å². The molecule has 0 spiro atoms. The lowest BCUT2D eigenvalue weighted by molar-refractivity contribution is -0.118. The molecule has 3 rings (SSSR count). The minimum absolute atomic E-state index is 0. The molecule has 1 amide bonds. The number of nitrogens with zero attached hydrogens (tertiary/aromatic N) is 2. The predicted molar refractivity (Wildman–Crippen MR) is 103 cm³/mol. The molecular weight excluding hydrogens is 336 g/mol. The molecule has 134 valence electrons. The zero-order valence-corrected chi connectivity index (χ0v) is 15.5. The van der Waals surface area contributed by atoms with Gasteiger partial charge in [0.25, 0.3) is 0 Å². The Hall–Kier alpha value is -1.95. The first-order valence-corrected chi connectivity index (χ1v) is 8.34. The van der Waals surface area contributed by atoms with Crippen LogP contribution in [0.2, 0.25) is 0 Å². The second-order valence-electron chi connectivity index (χ2n) is 6.40. The lowest BCUT2D eigenvalue weighted by Gasteiger charge is -2.35. The lowest BCUT2D eigenvalue weighted by atomic mass is 10.1. The molecule has 5 nitrogen and oxygen atoms in total. The molecule has 2 heterocycles. The van der Waals surface area contributed by atoms with Crippen molar-refractivity contribution in [1.82, 2.24) is 15.2 Å². The van der Waals surface area contributed by atoms with E-state index in [1.54, 1.807) is 6.20 Å². The molecule has 1 aliphatic rings. The van der Waals surface area contributed by atoms with E-state index in [0.29, 0.717) is 6.54 Å². The fraction of sp³-hybridized carbons (Fsp3) is 0.368. The summed E-state index contributed by atoms with van der Waals surface area (Å²) in [7, 11) is 0. The van der Waals surface area contributed by atoms with Crippen molar-refractivity contribution in [1.29, 1.82) is 0 Å². The van der Waals surface area contributed by atoms with Crippen molar-refractivity contribution in [3.8, 4) is 0 Å². The van der Waals surface area contributed by atoms with E-state index < -0.39 is 0 Å². The zero-order valence-electron chi connectivity index (χ0n) is 14.7. The number of piperazine rings is 1. The molecule has 1 aliphatic heterocycles. The molecule has 1 aromatic heterocycles. The average Bonchev–Trinajstić information content (AvgIpc) is 2.55. The van der Waals surface area contributed by atoms with Gasteiger partial charge in [0.15, 0.2) is 0 Å².